The molecule has 0 spiro atoms. The average Bonchev–Trinajstić information content (AvgIpc) is 2.26. The number of rotatable bonds is 2. The Morgan fingerprint density at radius 1 is 1.17 bits per heavy atom. The van der Waals surface area contributed by atoms with Gasteiger partial charge in [-0.15, -0.1) is 12.4 Å². The normalized spacial score (nSPS) is 20.6. The van der Waals surface area contributed by atoms with E-state index in [0.717, 1.165) is 26.2 Å². The standard InChI is InChI=1S/C15H24N2.ClH/c1-11-7-13(3)15(8-12(11)2)10-17-6-5-16-14(4)9-17;/h7-8,14,16H,5-6,9-10H2,1-4H3;1H. The van der Waals surface area contributed by atoms with Crippen molar-refractivity contribution in [3.8, 4) is 0 Å². The van der Waals surface area contributed by atoms with Gasteiger partial charge >= 0.3 is 0 Å². The summed E-state index contributed by atoms with van der Waals surface area (Å²) in [5.41, 5.74) is 5.73. The molecule has 1 saturated heterocycles. The molecule has 0 radical (unpaired) electrons. The molecule has 102 valence electrons. The summed E-state index contributed by atoms with van der Waals surface area (Å²) >= 11 is 0. The zero-order valence-electron chi connectivity index (χ0n) is 11.9. The molecule has 1 unspecified atom stereocenters. The molecule has 0 aromatic heterocycles. The number of piperazine rings is 1. The van der Waals surface area contributed by atoms with E-state index in [4.69, 9.17) is 0 Å². The number of nitrogens with zero attached hydrogens (tertiary/aromatic N) is 1. The summed E-state index contributed by atoms with van der Waals surface area (Å²) in [6, 6.07) is 5.30. The Morgan fingerprint density at radius 3 is 2.50 bits per heavy atom. The Balaban J connectivity index is 0.00000162. The van der Waals surface area contributed by atoms with Crippen molar-refractivity contribution in [1.82, 2.24) is 10.2 Å². The number of nitrogens with one attached hydrogen (secondary N) is 1. The lowest BCUT2D eigenvalue weighted by atomic mass is 10.00. The molecule has 1 aromatic rings. The Morgan fingerprint density at radius 2 is 1.83 bits per heavy atom. The minimum absolute atomic E-state index is 0. The average molecular weight is 269 g/mol. The van der Waals surface area contributed by atoms with E-state index in [0.29, 0.717) is 6.04 Å². The minimum Gasteiger partial charge on any atom is -0.312 e. The number of hydrogen-bond acceptors (Lipinski definition) is 2. The van der Waals surface area contributed by atoms with E-state index in [1.165, 1.54) is 22.3 Å². The second-order valence-corrected chi connectivity index (χ2v) is 5.45. The monoisotopic (exact) mass is 268 g/mol. The van der Waals surface area contributed by atoms with Crippen LogP contribution in [0.5, 0.6) is 0 Å². The Labute approximate surface area is 117 Å². The van der Waals surface area contributed by atoms with Crippen molar-refractivity contribution in [1.29, 1.82) is 0 Å². The summed E-state index contributed by atoms with van der Waals surface area (Å²) in [5, 5.41) is 3.49. The molecule has 1 aromatic carbocycles. The fourth-order valence-corrected chi connectivity index (χ4v) is 2.59. The van der Waals surface area contributed by atoms with Crippen LogP contribution in [0.2, 0.25) is 0 Å². The van der Waals surface area contributed by atoms with Gasteiger partial charge in [-0.1, -0.05) is 12.1 Å². The van der Waals surface area contributed by atoms with E-state index in [9.17, 15) is 0 Å². The van der Waals surface area contributed by atoms with Gasteiger partial charge in [0.2, 0.25) is 0 Å². The van der Waals surface area contributed by atoms with Crippen LogP contribution in [-0.4, -0.2) is 30.6 Å². The van der Waals surface area contributed by atoms with Gasteiger partial charge in [0.05, 0.1) is 0 Å². The summed E-state index contributed by atoms with van der Waals surface area (Å²) in [7, 11) is 0. The predicted octanol–water partition coefficient (Wildman–Crippen LogP) is 2.83. The molecule has 1 N–H and O–H groups in total. The molecule has 3 heteroatoms. The third-order valence-corrected chi connectivity index (χ3v) is 3.80. The summed E-state index contributed by atoms with van der Waals surface area (Å²) in [4.78, 5) is 2.55. The second-order valence-electron chi connectivity index (χ2n) is 5.45. The maximum Gasteiger partial charge on any atom is 0.0237 e. The second kappa shape index (κ2) is 6.55. The van der Waals surface area contributed by atoms with Crippen LogP contribution in [0.25, 0.3) is 0 Å². The zero-order chi connectivity index (χ0) is 12.4. The van der Waals surface area contributed by atoms with Crippen LogP contribution in [0.1, 0.15) is 29.2 Å². The van der Waals surface area contributed by atoms with E-state index in [-0.39, 0.29) is 12.4 Å². The van der Waals surface area contributed by atoms with Gasteiger partial charge in [0.25, 0.3) is 0 Å². The fraction of sp³-hybridized carbons (Fsp3) is 0.600. The predicted molar refractivity (Wildman–Crippen MR) is 80.6 cm³/mol. The minimum atomic E-state index is 0. The molecule has 1 aliphatic heterocycles. The SMILES string of the molecule is Cc1cc(C)c(CN2CCNC(C)C2)cc1C.Cl. The summed E-state index contributed by atoms with van der Waals surface area (Å²) in [6.45, 7) is 13.4. The van der Waals surface area contributed by atoms with Gasteiger partial charge in [-0.25, -0.2) is 0 Å². The first kappa shape index (κ1) is 15.5. The van der Waals surface area contributed by atoms with Gasteiger partial charge in [0.1, 0.15) is 0 Å². The lowest BCUT2D eigenvalue weighted by Gasteiger charge is -2.32. The van der Waals surface area contributed by atoms with Gasteiger partial charge in [-0.3, -0.25) is 4.90 Å². The molecule has 2 nitrogen and oxygen atoms in total. The molecule has 1 atom stereocenters. The molecule has 0 bridgehead atoms. The Hall–Kier alpha value is -0.570. The number of halogens is 1. The molecule has 1 fully saturated rings. The fourth-order valence-electron chi connectivity index (χ4n) is 2.59. The van der Waals surface area contributed by atoms with Crippen molar-refractivity contribution in [2.75, 3.05) is 19.6 Å². The molecule has 0 aliphatic carbocycles. The summed E-state index contributed by atoms with van der Waals surface area (Å²) < 4.78 is 0. The van der Waals surface area contributed by atoms with Crippen molar-refractivity contribution in [3.63, 3.8) is 0 Å². The Bertz CT molecular complexity index is 404. The lowest BCUT2D eigenvalue weighted by molar-refractivity contribution is 0.199. The first-order chi connectivity index (χ1) is 8.06. The van der Waals surface area contributed by atoms with Crippen LogP contribution in [0.15, 0.2) is 12.1 Å². The van der Waals surface area contributed by atoms with E-state index >= 15 is 0 Å². The first-order valence-corrected chi connectivity index (χ1v) is 6.58. The number of hydrogen-bond donors (Lipinski definition) is 1. The van der Waals surface area contributed by atoms with Crippen LogP contribution in [-0.2, 0) is 6.54 Å². The van der Waals surface area contributed by atoms with Crippen molar-refractivity contribution < 1.29 is 0 Å². The third kappa shape index (κ3) is 3.71. The maximum absolute atomic E-state index is 3.49. The number of benzene rings is 1. The van der Waals surface area contributed by atoms with E-state index in [1.807, 2.05) is 0 Å². The largest absolute Gasteiger partial charge is 0.312 e. The van der Waals surface area contributed by atoms with Crippen molar-refractivity contribution in [2.24, 2.45) is 0 Å². The van der Waals surface area contributed by atoms with Crippen LogP contribution in [0, 0.1) is 20.8 Å². The van der Waals surface area contributed by atoms with Gasteiger partial charge < -0.3 is 5.32 Å². The molecule has 1 heterocycles. The van der Waals surface area contributed by atoms with Gasteiger partial charge in [-0.2, -0.15) is 0 Å². The summed E-state index contributed by atoms with van der Waals surface area (Å²) in [5.74, 6) is 0. The van der Waals surface area contributed by atoms with E-state index < -0.39 is 0 Å². The van der Waals surface area contributed by atoms with Gasteiger partial charge in [-0.05, 0) is 49.9 Å². The third-order valence-electron chi connectivity index (χ3n) is 3.80. The first-order valence-electron chi connectivity index (χ1n) is 6.58. The lowest BCUT2D eigenvalue weighted by Crippen LogP contribution is -2.48. The van der Waals surface area contributed by atoms with Crippen molar-refractivity contribution in [3.05, 3.63) is 34.4 Å². The topological polar surface area (TPSA) is 15.3 Å². The van der Waals surface area contributed by atoms with Crippen LogP contribution < -0.4 is 5.32 Å². The van der Waals surface area contributed by atoms with Crippen LogP contribution >= 0.6 is 12.4 Å². The van der Waals surface area contributed by atoms with E-state index in [1.54, 1.807) is 0 Å². The molecular weight excluding hydrogens is 244 g/mol. The molecule has 0 amide bonds. The maximum atomic E-state index is 3.49. The summed E-state index contributed by atoms with van der Waals surface area (Å²) in [6.07, 6.45) is 0. The molecular formula is C15H25ClN2. The molecule has 18 heavy (non-hydrogen) atoms. The van der Waals surface area contributed by atoms with Crippen molar-refractivity contribution in [2.45, 2.75) is 40.3 Å². The Kier molecular flexibility index (Phi) is 5.64. The van der Waals surface area contributed by atoms with Crippen LogP contribution in [0.3, 0.4) is 0 Å². The highest BCUT2D eigenvalue weighted by molar-refractivity contribution is 5.85. The highest BCUT2D eigenvalue weighted by atomic mass is 35.5. The highest BCUT2D eigenvalue weighted by Gasteiger charge is 2.16. The molecule has 2 rings (SSSR count). The van der Waals surface area contributed by atoms with Crippen LogP contribution in [0.4, 0.5) is 0 Å². The smallest absolute Gasteiger partial charge is 0.0237 e. The van der Waals surface area contributed by atoms with Crippen molar-refractivity contribution >= 4 is 12.4 Å². The molecule has 1 aliphatic rings. The molecule has 0 saturated carbocycles. The van der Waals surface area contributed by atoms with Gasteiger partial charge in [0.15, 0.2) is 0 Å². The van der Waals surface area contributed by atoms with E-state index in [2.05, 4.69) is 50.0 Å². The quantitative estimate of drug-likeness (QED) is 0.887. The number of aryl methyl sites for hydroxylation is 3. The highest BCUT2D eigenvalue weighted by Crippen LogP contribution is 2.17. The zero-order valence-corrected chi connectivity index (χ0v) is 12.7. The van der Waals surface area contributed by atoms with Gasteiger partial charge in [0, 0.05) is 32.2 Å².